The summed E-state index contributed by atoms with van der Waals surface area (Å²) >= 11 is 6.47. The van der Waals surface area contributed by atoms with E-state index in [2.05, 4.69) is 21.9 Å². The molecule has 2 aliphatic heterocycles. The SMILES string of the molecule is C=CC1CC1(NC(=O)[C@@H]1C[C@@H](C2c3cccc(Cl)c3CN2C(=O)O)CN1C(=O)[C@@H](Nc1ccc(F)cc1)C(C)C)C(=O)NS(=O)(=O)C1CC1. The molecule has 262 valence electrons. The van der Waals surface area contributed by atoms with Crippen molar-refractivity contribution in [1.29, 1.82) is 0 Å². The number of sulfonamides is 1. The highest BCUT2D eigenvalue weighted by atomic mass is 35.5. The van der Waals surface area contributed by atoms with E-state index in [0.717, 1.165) is 0 Å². The summed E-state index contributed by atoms with van der Waals surface area (Å²) in [5.41, 5.74) is 0.256. The minimum Gasteiger partial charge on any atom is -0.465 e. The molecule has 49 heavy (non-hydrogen) atoms. The lowest BCUT2D eigenvalue weighted by atomic mass is 9.90. The van der Waals surface area contributed by atoms with E-state index in [1.165, 1.54) is 40.1 Å². The van der Waals surface area contributed by atoms with Gasteiger partial charge < -0.3 is 20.6 Å². The van der Waals surface area contributed by atoms with E-state index in [4.69, 9.17) is 11.6 Å². The summed E-state index contributed by atoms with van der Waals surface area (Å²) in [6.45, 7) is 7.44. The second-order valence-electron chi connectivity index (χ2n) is 13.7. The molecular weight excluding hydrogens is 677 g/mol. The van der Waals surface area contributed by atoms with Crippen molar-refractivity contribution < 1.29 is 37.1 Å². The van der Waals surface area contributed by atoms with Gasteiger partial charge in [-0.15, -0.1) is 6.58 Å². The quantitative estimate of drug-likeness (QED) is 0.253. The number of likely N-dealkylation sites (tertiary alicyclic amines) is 1. The standard InChI is InChI=1S/C34H39ClFN5O7S/c1-4-20-15-34(20,32(44)39-49(47,48)23-12-13-23)38-30(42)27-14-19(29-24-6-5-7-26(35)25(24)17-41(29)33(45)46)16-40(27)31(43)28(18(2)3)37-22-10-8-21(36)9-11-22/h4-11,18-20,23,27-29,37H,1,12-17H2,2-3H3,(H,38,42)(H,39,44)(H,45,46)/t19-,20?,27+,28+,29?,34?/m1/s1. The number of nitrogens with zero attached hydrogens (tertiary/aromatic N) is 2. The number of carboxylic acid groups (broad SMARTS) is 1. The fraction of sp³-hybridized carbons (Fsp3) is 0.471. The molecule has 4 N–H and O–H groups in total. The van der Waals surface area contributed by atoms with Crippen molar-refractivity contribution in [2.75, 3.05) is 11.9 Å². The molecule has 2 aromatic carbocycles. The number of anilines is 1. The number of halogens is 2. The van der Waals surface area contributed by atoms with Gasteiger partial charge in [0.25, 0.3) is 5.91 Å². The van der Waals surface area contributed by atoms with Crippen LogP contribution in [0.2, 0.25) is 5.02 Å². The topological polar surface area (TPSA) is 165 Å². The van der Waals surface area contributed by atoms with E-state index >= 15 is 0 Å². The smallest absolute Gasteiger partial charge is 0.408 e. The molecular formula is C34H39ClFN5O7S. The molecule has 4 aliphatic rings. The highest BCUT2D eigenvalue weighted by molar-refractivity contribution is 7.91. The van der Waals surface area contributed by atoms with E-state index in [1.54, 1.807) is 18.2 Å². The molecule has 0 spiro atoms. The molecule has 0 aromatic heterocycles. The summed E-state index contributed by atoms with van der Waals surface area (Å²) in [5.74, 6) is -3.79. The monoisotopic (exact) mass is 715 g/mol. The first-order chi connectivity index (χ1) is 23.2. The Hall–Kier alpha value is -4.17. The largest absolute Gasteiger partial charge is 0.465 e. The first-order valence-electron chi connectivity index (χ1n) is 16.3. The van der Waals surface area contributed by atoms with Crippen molar-refractivity contribution in [3.05, 3.63) is 77.1 Å². The van der Waals surface area contributed by atoms with Gasteiger partial charge in [-0.25, -0.2) is 17.6 Å². The van der Waals surface area contributed by atoms with Crippen molar-refractivity contribution >= 4 is 51.1 Å². The second-order valence-corrected chi connectivity index (χ2v) is 16.1. The van der Waals surface area contributed by atoms with Gasteiger partial charge in [-0.2, -0.15) is 0 Å². The summed E-state index contributed by atoms with van der Waals surface area (Å²) in [4.78, 5) is 57.3. The van der Waals surface area contributed by atoms with Crippen molar-refractivity contribution in [2.24, 2.45) is 17.8 Å². The van der Waals surface area contributed by atoms with Gasteiger partial charge in [-0.1, -0.05) is 43.7 Å². The molecule has 2 aliphatic carbocycles. The highest BCUT2D eigenvalue weighted by Crippen LogP contribution is 2.48. The predicted octanol–water partition coefficient (Wildman–Crippen LogP) is 4.04. The summed E-state index contributed by atoms with van der Waals surface area (Å²) < 4.78 is 41.1. The first kappa shape index (κ1) is 34.7. The number of hydrogen-bond donors (Lipinski definition) is 4. The van der Waals surface area contributed by atoms with Gasteiger partial charge in [0.05, 0.1) is 17.8 Å². The number of hydrogen-bond acceptors (Lipinski definition) is 7. The van der Waals surface area contributed by atoms with Crippen LogP contribution in [0.5, 0.6) is 0 Å². The molecule has 15 heteroatoms. The van der Waals surface area contributed by atoms with Crippen LogP contribution >= 0.6 is 11.6 Å². The van der Waals surface area contributed by atoms with Crippen molar-refractivity contribution in [2.45, 2.75) is 75.0 Å². The summed E-state index contributed by atoms with van der Waals surface area (Å²) in [5, 5.41) is 15.9. The fourth-order valence-corrected chi connectivity index (χ4v) is 8.78. The number of carbonyl (C=O) groups is 4. The number of benzene rings is 2. The molecule has 4 amide bonds. The van der Waals surface area contributed by atoms with Crippen LogP contribution in [0.1, 0.15) is 56.7 Å². The zero-order chi connectivity index (χ0) is 35.4. The van der Waals surface area contributed by atoms with Gasteiger partial charge in [0.2, 0.25) is 21.8 Å². The maximum Gasteiger partial charge on any atom is 0.408 e. The van der Waals surface area contributed by atoms with Gasteiger partial charge in [0, 0.05) is 29.1 Å². The van der Waals surface area contributed by atoms with E-state index in [9.17, 15) is 37.1 Å². The maximum atomic E-state index is 14.4. The third kappa shape index (κ3) is 6.60. The number of fused-ring (bicyclic) bond motifs is 1. The summed E-state index contributed by atoms with van der Waals surface area (Å²) in [6.07, 6.45) is 1.37. The lowest BCUT2D eigenvalue weighted by Gasteiger charge is -2.32. The van der Waals surface area contributed by atoms with Gasteiger partial charge >= 0.3 is 6.09 Å². The Labute approximate surface area is 289 Å². The van der Waals surface area contributed by atoms with Crippen LogP contribution in [-0.2, 0) is 31.0 Å². The molecule has 1 saturated heterocycles. The van der Waals surface area contributed by atoms with Crippen LogP contribution < -0.4 is 15.4 Å². The highest BCUT2D eigenvalue weighted by Gasteiger charge is 2.62. The van der Waals surface area contributed by atoms with Gasteiger partial charge in [-0.3, -0.25) is 24.0 Å². The van der Waals surface area contributed by atoms with Crippen LogP contribution in [0.15, 0.2) is 55.1 Å². The first-order valence-corrected chi connectivity index (χ1v) is 18.2. The van der Waals surface area contributed by atoms with E-state index < -0.39 is 80.4 Å². The molecule has 2 heterocycles. The molecule has 6 rings (SSSR count). The molecule has 6 atom stereocenters. The average molecular weight is 716 g/mol. The summed E-state index contributed by atoms with van der Waals surface area (Å²) in [6, 6.07) is 8.00. The van der Waals surface area contributed by atoms with Crippen molar-refractivity contribution in [1.82, 2.24) is 19.8 Å². The zero-order valence-corrected chi connectivity index (χ0v) is 28.6. The number of nitrogens with one attached hydrogen (secondary N) is 3. The van der Waals surface area contributed by atoms with Crippen LogP contribution in [0.25, 0.3) is 0 Å². The lowest BCUT2D eigenvalue weighted by molar-refractivity contribution is -0.140. The Bertz CT molecular complexity index is 1800. The fourth-order valence-electron chi connectivity index (χ4n) is 7.18. The molecule has 2 saturated carbocycles. The molecule has 0 radical (unpaired) electrons. The van der Waals surface area contributed by atoms with E-state index in [1.807, 2.05) is 13.8 Å². The third-order valence-corrected chi connectivity index (χ3v) is 12.3. The normalized spacial score (nSPS) is 26.6. The summed E-state index contributed by atoms with van der Waals surface area (Å²) in [7, 11) is -3.91. The third-order valence-electron chi connectivity index (χ3n) is 10.1. The van der Waals surface area contributed by atoms with Crippen LogP contribution in [0.3, 0.4) is 0 Å². The molecule has 3 unspecified atom stereocenters. The van der Waals surface area contributed by atoms with Gasteiger partial charge in [-0.05, 0) is 73.1 Å². The van der Waals surface area contributed by atoms with E-state index in [-0.39, 0.29) is 31.8 Å². The zero-order valence-electron chi connectivity index (χ0n) is 27.1. The number of carbonyl (C=O) groups excluding carboxylic acids is 3. The molecule has 2 aromatic rings. The van der Waals surface area contributed by atoms with Crippen molar-refractivity contribution in [3.63, 3.8) is 0 Å². The van der Waals surface area contributed by atoms with Crippen molar-refractivity contribution in [3.8, 4) is 0 Å². The Kier molecular flexibility index (Phi) is 9.16. The van der Waals surface area contributed by atoms with Crippen LogP contribution in [0, 0.1) is 23.6 Å². The second kappa shape index (κ2) is 12.9. The number of rotatable bonds is 11. The number of amides is 4. The molecule has 3 fully saturated rings. The van der Waals surface area contributed by atoms with Gasteiger partial charge in [0.1, 0.15) is 23.4 Å². The molecule has 0 bridgehead atoms. The van der Waals surface area contributed by atoms with Crippen LogP contribution in [0.4, 0.5) is 14.9 Å². The Balaban J connectivity index is 1.33. The van der Waals surface area contributed by atoms with E-state index in [0.29, 0.717) is 34.7 Å². The Morgan fingerprint density at radius 2 is 1.80 bits per heavy atom. The Morgan fingerprint density at radius 1 is 1.10 bits per heavy atom. The lowest BCUT2D eigenvalue weighted by Crippen LogP contribution is -2.58. The minimum absolute atomic E-state index is 0.00573. The van der Waals surface area contributed by atoms with Gasteiger partial charge in [0.15, 0.2) is 0 Å². The molecule has 12 nitrogen and oxygen atoms in total. The maximum absolute atomic E-state index is 14.4. The Morgan fingerprint density at radius 3 is 2.39 bits per heavy atom. The minimum atomic E-state index is -3.91. The predicted molar refractivity (Wildman–Crippen MR) is 179 cm³/mol. The average Bonchev–Trinajstić information content (AvgIpc) is 3.94. The van der Waals surface area contributed by atoms with Crippen LogP contribution in [-0.4, -0.2) is 76.6 Å².